The van der Waals surface area contributed by atoms with Gasteiger partial charge in [-0.3, -0.25) is 14.2 Å². The molecule has 2 heterocycles. The second-order valence-electron chi connectivity index (χ2n) is 2.69. The molecule has 0 aliphatic carbocycles. The van der Waals surface area contributed by atoms with Crippen LogP contribution in [0.4, 0.5) is 0 Å². The van der Waals surface area contributed by atoms with Gasteiger partial charge < -0.3 is 5.73 Å². The number of hydrogen-bond donors (Lipinski definition) is 1. The van der Waals surface area contributed by atoms with Gasteiger partial charge in [0, 0.05) is 12.4 Å². The van der Waals surface area contributed by atoms with Crippen molar-refractivity contribution in [1.29, 1.82) is 0 Å². The van der Waals surface area contributed by atoms with Crippen LogP contribution in [0.25, 0.3) is 5.52 Å². The van der Waals surface area contributed by atoms with Crippen LogP contribution < -0.4 is 5.73 Å². The average Bonchev–Trinajstić information content (AvgIpc) is 2.56. The van der Waals surface area contributed by atoms with Crippen LogP contribution in [0, 0.1) is 0 Å². The van der Waals surface area contributed by atoms with Crippen molar-refractivity contribution in [2.45, 2.75) is 0 Å². The lowest BCUT2D eigenvalue weighted by atomic mass is 10.2. The smallest absolute Gasteiger partial charge is 0.196 e. The molecule has 6 heteroatoms. The van der Waals surface area contributed by atoms with Gasteiger partial charge in [0.2, 0.25) is 0 Å². The number of nitrogens with zero attached hydrogens (tertiary/aromatic N) is 3. The van der Waals surface area contributed by atoms with Crippen molar-refractivity contribution in [3.05, 3.63) is 29.0 Å². The van der Waals surface area contributed by atoms with E-state index in [1.54, 1.807) is 23.0 Å². The maximum Gasteiger partial charge on any atom is 0.196 e. The Morgan fingerprint density at radius 3 is 3.14 bits per heavy atom. The Kier molecular flexibility index (Phi) is 2.30. The van der Waals surface area contributed by atoms with Crippen LogP contribution >= 0.6 is 15.9 Å². The normalized spacial score (nSPS) is 10.7. The highest BCUT2D eigenvalue weighted by atomic mass is 79.9. The summed E-state index contributed by atoms with van der Waals surface area (Å²) in [5.41, 5.74) is 6.29. The van der Waals surface area contributed by atoms with Gasteiger partial charge in [0.15, 0.2) is 10.5 Å². The van der Waals surface area contributed by atoms with E-state index in [0.29, 0.717) is 15.9 Å². The van der Waals surface area contributed by atoms with Crippen molar-refractivity contribution in [2.75, 3.05) is 6.54 Å². The molecule has 2 rings (SSSR count). The summed E-state index contributed by atoms with van der Waals surface area (Å²) in [4.78, 5) is 19.4. The third-order valence-corrected chi connectivity index (χ3v) is 2.41. The molecule has 0 fully saturated rings. The molecule has 0 saturated heterocycles. The number of Topliss-reactive ketones (excluding diaryl/α,β-unsaturated/α-hetero) is 1. The van der Waals surface area contributed by atoms with Crippen LogP contribution in [-0.2, 0) is 0 Å². The fraction of sp³-hybridized carbons (Fsp3) is 0.125. The second kappa shape index (κ2) is 3.47. The summed E-state index contributed by atoms with van der Waals surface area (Å²) < 4.78 is 2.31. The molecule has 0 aliphatic rings. The van der Waals surface area contributed by atoms with Gasteiger partial charge in [0.05, 0.1) is 18.3 Å². The van der Waals surface area contributed by atoms with Crippen molar-refractivity contribution in [3.63, 3.8) is 0 Å². The molecule has 0 unspecified atom stereocenters. The molecule has 0 aliphatic heterocycles. The topological polar surface area (TPSA) is 73.3 Å². The zero-order valence-corrected chi connectivity index (χ0v) is 8.73. The maximum atomic E-state index is 11.4. The molecule has 0 aromatic carbocycles. The first-order valence-corrected chi connectivity index (χ1v) is 4.74. The van der Waals surface area contributed by atoms with E-state index in [1.165, 1.54) is 0 Å². The quantitative estimate of drug-likeness (QED) is 0.799. The van der Waals surface area contributed by atoms with Gasteiger partial charge >= 0.3 is 0 Å². The van der Waals surface area contributed by atoms with E-state index in [2.05, 4.69) is 25.9 Å². The van der Waals surface area contributed by atoms with Crippen LogP contribution in [0.1, 0.15) is 10.5 Å². The molecule has 2 N–H and O–H groups in total. The maximum absolute atomic E-state index is 11.4. The number of imidazole rings is 1. The predicted molar refractivity (Wildman–Crippen MR) is 54.1 cm³/mol. The van der Waals surface area contributed by atoms with Crippen molar-refractivity contribution >= 4 is 27.2 Å². The molecule has 2 aromatic rings. The minimum absolute atomic E-state index is 0.0476. The summed E-state index contributed by atoms with van der Waals surface area (Å²) in [7, 11) is 0. The summed E-state index contributed by atoms with van der Waals surface area (Å²) >= 11 is 3.25. The first-order chi connectivity index (χ1) is 6.74. The van der Waals surface area contributed by atoms with E-state index in [9.17, 15) is 4.79 Å². The summed E-state index contributed by atoms with van der Waals surface area (Å²) in [6.07, 6.45) is 4.93. The summed E-state index contributed by atoms with van der Waals surface area (Å²) in [6.45, 7) is -0.0476. The molecule has 0 bridgehead atoms. The van der Waals surface area contributed by atoms with Gasteiger partial charge in [-0.1, -0.05) is 0 Å². The number of hydrogen-bond acceptors (Lipinski definition) is 4. The first-order valence-electron chi connectivity index (χ1n) is 3.95. The Hall–Kier alpha value is -1.27. The minimum atomic E-state index is -0.193. The fourth-order valence-corrected chi connectivity index (χ4v) is 1.69. The molecule has 0 amide bonds. The van der Waals surface area contributed by atoms with Crippen LogP contribution in [0.2, 0.25) is 0 Å². The summed E-state index contributed by atoms with van der Waals surface area (Å²) in [5, 5.41) is 0. The number of carbonyl (C=O) groups excluding carboxylic acids is 1. The molecule has 0 atom stereocenters. The van der Waals surface area contributed by atoms with E-state index < -0.39 is 0 Å². The molecule has 0 radical (unpaired) electrons. The van der Waals surface area contributed by atoms with Gasteiger partial charge in [-0.2, -0.15) is 0 Å². The zero-order valence-electron chi connectivity index (χ0n) is 7.14. The first kappa shape index (κ1) is 9.29. The number of nitrogens with two attached hydrogens (primary N) is 1. The molecule has 0 saturated carbocycles. The van der Waals surface area contributed by atoms with Crippen LogP contribution in [-0.4, -0.2) is 26.7 Å². The lowest BCUT2D eigenvalue weighted by Crippen LogP contribution is -2.14. The molecule has 5 nitrogen and oxygen atoms in total. The highest BCUT2D eigenvalue weighted by Gasteiger charge is 2.14. The Morgan fingerprint density at radius 1 is 1.64 bits per heavy atom. The van der Waals surface area contributed by atoms with Gasteiger partial charge in [-0.05, 0) is 15.9 Å². The highest BCUT2D eigenvalue weighted by Crippen LogP contribution is 2.16. The molecular weight excluding hydrogens is 248 g/mol. The standard InChI is InChI=1S/C8H7BrN4O/c9-8-12-7(6(14)3-10)5-4-11-1-2-13(5)8/h1-2,4H,3,10H2. The van der Waals surface area contributed by atoms with Gasteiger partial charge in [-0.15, -0.1) is 0 Å². The van der Waals surface area contributed by atoms with E-state index in [4.69, 9.17) is 5.73 Å². The number of halogens is 1. The van der Waals surface area contributed by atoms with E-state index in [1.807, 2.05) is 0 Å². The number of carbonyl (C=O) groups is 1. The number of ketones is 1. The number of rotatable bonds is 2. The van der Waals surface area contributed by atoms with Crippen molar-refractivity contribution < 1.29 is 4.79 Å². The highest BCUT2D eigenvalue weighted by molar-refractivity contribution is 9.10. The molecule has 14 heavy (non-hydrogen) atoms. The van der Waals surface area contributed by atoms with E-state index in [-0.39, 0.29) is 12.3 Å². The predicted octanol–water partition coefficient (Wildman–Crippen LogP) is 0.633. The minimum Gasteiger partial charge on any atom is -0.324 e. The summed E-state index contributed by atoms with van der Waals surface area (Å²) in [6, 6.07) is 0. The molecule has 0 spiro atoms. The van der Waals surface area contributed by atoms with Gasteiger partial charge in [0.25, 0.3) is 0 Å². The van der Waals surface area contributed by atoms with Crippen LogP contribution in [0.3, 0.4) is 0 Å². The van der Waals surface area contributed by atoms with Crippen LogP contribution in [0.5, 0.6) is 0 Å². The SMILES string of the molecule is NCC(=O)c1nc(Br)n2ccncc12. The monoisotopic (exact) mass is 254 g/mol. The number of fused-ring (bicyclic) bond motifs is 1. The Bertz CT molecular complexity index is 493. The Balaban J connectivity index is 2.72. The molecule has 72 valence electrons. The average molecular weight is 255 g/mol. The fourth-order valence-electron chi connectivity index (χ4n) is 1.20. The van der Waals surface area contributed by atoms with Gasteiger partial charge in [0.1, 0.15) is 5.69 Å². The van der Waals surface area contributed by atoms with E-state index >= 15 is 0 Å². The van der Waals surface area contributed by atoms with E-state index in [0.717, 1.165) is 0 Å². The Morgan fingerprint density at radius 2 is 2.43 bits per heavy atom. The zero-order chi connectivity index (χ0) is 10.1. The largest absolute Gasteiger partial charge is 0.324 e. The lowest BCUT2D eigenvalue weighted by molar-refractivity contribution is 0.0998. The lowest BCUT2D eigenvalue weighted by Gasteiger charge is -1.93. The molecular formula is C8H7BrN4O. The third kappa shape index (κ3) is 1.32. The summed E-state index contributed by atoms with van der Waals surface area (Å²) in [5.74, 6) is -0.193. The number of aromatic nitrogens is 3. The van der Waals surface area contributed by atoms with Crippen molar-refractivity contribution in [1.82, 2.24) is 14.4 Å². The van der Waals surface area contributed by atoms with Crippen molar-refractivity contribution in [3.8, 4) is 0 Å². The van der Waals surface area contributed by atoms with Crippen molar-refractivity contribution in [2.24, 2.45) is 5.73 Å². The molecule has 2 aromatic heterocycles. The Labute approximate surface area is 88.1 Å². The van der Waals surface area contributed by atoms with Gasteiger partial charge in [-0.25, -0.2) is 4.98 Å². The second-order valence-corrected chi connectivity index (χ2v) is 3.40. The third-order valence-electron chi connectivity index (χ3n) is 1.85. The van der Waals surface area contributed by atoms with Crippen LogP contribution in [0.15, 0.2) is 23.3 Å².